The van der Waals surface area contributed by atoms with E-state index in [0.717, 1.165) is 25.5 Å². The SMILES string of the molecule is CC(C)c1cc(=S)nc(C2CN(C)CCN2C)[nH]1. The van der Waals surface area contributed by atoms with Crippen molar-refractivity contribution in [2.75, 3.05) is 33.7 Å². The first-order chi connectivity index (χ1) is 8.47. The Morgan fingerprint density at radius 2 is 2.11 bits per heavy atom. The fraction of sp³-hybridized carbons (Fsp3) is 0.692. The monoisotopic (exact) mass is 266 g/mol. The summed E-state index contributed by atoms with van der Waals surface area (Å²) in [5, 5.41) is 0. The number of aromatic amines is 1. The average Bonchev–Trinajstić information content (AvgIpc) is 2.31. The summed E-state index contributed by atoms with van der Waals surface area (Å²) in [6.45, 7) is 7.51. The van der Waals surface area contributed by atoms with E-state index in [1.165, 1.54) is 5.69 Å². The second kappa shape index (κ2) is 5.47. The fourth-order valence-corrected chi connectivity index (χ4v) is 2.50. The first-order valence-electron chi connectivity index (χ1n) is 6.47. The molecule has 1 fully saturated rings. The molecule has 1 aliphatic rings. The van der Waals surface area contributed by atoms with Crippen molar-refractivity contribution < 1.29 is 0 Å². The van der Waals surface area contributed by atoms with Gasteiger partial charge in [-0.25, -0.2) is 4.98 Å². The maximum absolute atomic E-state index is 5.28. The number of rotatable bonds is 2. The molecular formula is C13H22N4S. The number of likely N-dealkylation sites (N-methyl/N-ethyl adjacent to an activating group) is 2. The van der Waals surface area contributed by atoms with Crippen molar-refractivity contribution in [3.05, 3.63) is 22.2 Å². The van der Waals surface area contributed by atoms with Crippen LogP contribution in [0.25, 0.3) is 0 Å². The normalized spacial score (nSPS) is 22.6. The molecule has 1 atom stereocenters. The third-order valence-corrected chi connectivity index (χ3v) is 3.78. The minimum absolute atomic E-state index is 0.309. The van der Waals surface area contributed by atoms with Crippen LogP contribution in [0.2, 0.25) is 0 Å². The molecule has 1 N–H and O–H groups in total. The molecule has 0 aliphatic carbocycles. The van der Waals surface area contributed by atoms with Gasteiger partial charge in [-0.05, 0) is 26.1 Å². The Kier molecular flexibility index (Phi) is 4.14. The summed E-state index contributed by atoms with van der Waals surface area (Å²) < 4.78 is 0.689. The lowest BCUT2D eigenvalue weighted by molar-refractivity contribution is 0.109. The minimum Gasteiger partial charge on any atom is -0.346 e. The van der Waals surface area contributed by atoms with Gasteiger partial charge in [0.1, 0.15) is 10.5 Å². The smallest absolute Gasteiger partial charge is 0.130 e. The predicted molar refractivity (Wildman–Crippen MR) is 76.4 cm³/mol. The number of hydrogen-bond acceptors (Lipinski definition) is 4. The summed E-state index contributed by atoms with van der Waals surface area (Å²) in [4.78, 5) is 12.7. The molecule has 1 aromatic heterocycles. The molecule has 1 aromatic rings. The molecule has 0 spiro atoms. The van der Waals surface area contributed by atoms with Gasteiger partial charge in [-0.1, -0.05) is 26.1 Å². The van der Waals surface area contributed by atoms with Crippen molar-refractivity contribution in [1.82, 2.24) is 19.8 Å². The van der Waals surface area contributed by atoms with Crippen molar-refractivity contribution >= 4 is 12.2 Å². The first-order valence-corrected chi connectivity index (χ1v) is 6.88. The highest BCUT2D eigenvalue weighted by atomic mass is 32.1. The maximum Gasteiger partial charge on any atom is 0.130 e. The van der Waals surface area contributed by atoms with E-state index in [-0.39, 0.29) is 0 Å². The van der Waals surface area contributed by atoms with Gasteiger partial charge in [0.25, 0.3) is 0 Å². The topological polar surface area (TPSA) is 35.2 Å². The molecule has 1 unspecified atom stereocenters. The Morgan fingerprint density at radius 3 is 2.78 bits per heavy atom. The van der Waals surface area contributed by atoms with Crippen LogP contribution in [0.3, 0.4) is 0 Å². The molecule has 2 heterocycles. The van der Waals surface area contributed by atoms with Crippen LogP contribution in [0, 0.1) is 4.64 Å². The van der Waals surface area contributed by atoms with Gasteiger partial charge in [-0.15, -0.1) is 0 Å². The Morgan fingerprint density at radius 1 is 1.39 bits per heavy atom. The molecular weight excluding hydrogens is 244 g/mol. The van der Waals surface area contributed by atoms with Crippen LogP contribution in [0.15, 0.2) is 6.07 Å². The quantitative estimate of drug-likeness (QED) is 0.832. The Hall–Kier alpha value is -0.780. The summed E-state index contributed by atoms with van der Waals surface area (Å²) in [7, 11) is 4.30. The van der Waals surface area contributed by atoms with Gasteiger partial charge < -0.3 is 9.88 Å². The van der Waals surface area contributed by atoms with Crippen LogP contribution in [0.4, 0.5) is 0 Å². The average molecular weight is 266 g/mol. The number of aromatic nitrogens is 2. The van der Waals surface area contributed by atoms with E-state index in [4.69, 9.17) is 12.2 Å². The minimum atomic E-state index is 0.309. The molecule has 0 bridgehead atoms. The van der Waals surface area contributed by atoms with Crippen molar-refractivity contribution in [2.24, 2.45) is 0 Å². The van der Waals surface area contributed by atoms with Gasteiger partial charge in [-0.3, -0.25) is 4.90 Å². The lowest BCUT2D eigenvalue weighted by Crippen LogP contribution is -2.45. The van der Waals surface area contributed by atoms with E-state index in [1.54, 1.807) is 0 Å². The highest BCUT2D eigenvalue weighted by molar-refractivity contribution is 7.71. The van der Waals surface area contributed by atoms with E-state index >= 15 is 0 Å². The molecule has 1 aliphatic heterocycles. The van der Waals surface area contributed by atoms with Crippen LogP contribution in [0.5, 0.6) is 0 Å². The zero-order valence-electron chi connectivity index (χ0n) is 11.6. The molecule has 1 saturated heterocycles. The molecule has 18 heavy (non-hydrogen) atoms. The number of H-pyrrole nitrogens is 1. The van der Waals surface area contributed by atoms with Gasteiger partial charge in [0, 0.05) is 25.3 Å². The number of nitrogens with zero attached hydrogens (tertiary/aromatic N) is 3. The van der Waals surface area contributed by atoms with E-state index in [0.29, 0.717) is 16.6 Å². The lowest BCUT2D eigenvalue weighted by Gasteiger charge is -2.37. The van der Waals surface area contributed by atoms with Crippen LogP contribution >= 0.6 is 12.2 Å². The predicted octanol–water partition coefficient (Wildman–Crippen LogP) is 2.18. The number of nitrogens with one attached hydrogen (secondary N) is 1. The van der Waals surface area contributed by atoms with Crippen molar-refractivity contribution in [2.45, 2.75) is 25.8 Å². The molecule has 0 radical (unpaired) electrons. The highest BCUT2D eigenvalue weighted by Gasteiger charge is 2.25. The van der Waals surface area contributed by atoms with E-state index in [9.17, 15) is 0 Å². The molecule has 5 heteroatoms. The zero-order chi connectivity index (χ0) is 13.3. The highest BCUT2D eigenvalue weighted by Crippen LogP contribution is 2.22. The summed E-state index contributed by atoms with van der Waals surface area (Å²) >= 11 is 5.28. The van der Waals surface area contributed by atoms with Crippen LogP contribution < -0.4 is 0 Å². The molecule has 0 saturated carbocycles. The third-order valence-electron chi connectivity index (χ3n) is 3.57. The van der Waals surface area contributed by atoms with E-state index in [1.807, 2.05) is 6.07 Å². The van der Waals surface area contributed by atoms with Gasteiger partial charge in [0.15, 0.2) is 0 Å². The number of piperazine rings is 1. The molecule has 100 valence electrons. The van der Waals surface area contributed by atoms with Gasteiger partial charge in [-0.2, -0.15) is 0 Å². The van der Waals surface area contributed by atoms with Crippen LogP contribution in [0.1, 0.15) is 37.3 Å². The van der Waals surface area contributed by atoms with Crippen molar-refractivity contribution in [3.8, 4) is 0 Å². The maximum atomic E-state index is 5.28. The van der Waals surface area contributed by atoms with Crippen LogP contribution in [-0.2, 0) is 0 Å². The van der Waals surface area contributed by atoms with E-state index < -0.39 is 0 Å². The standard InChI is InChI=1S/C13H22N4S/c1-9(2)10-7-12(18)15-13(14-10)11-8-16(3)5-6-17(11)4/h7,9,11H,5-6,8H2,1-4H3,(H,14,15,18). The molecule has 0 aromatic carbocycles. The Labute approximate surface area is 114 Å². The van der Waals surface area contributed by atoms with Gasteiger partial charge in [0.2, 0.25) is 0 Å². The summed E-state index contributed by atoms with van der Waals surface area (Å²) in [5.74, 6) is 1.44. The third kappa shape index (κ3) is 2.96. The summed E-state index contributed by atoms with van der Waals surface area (Å²) in [6, 6.07) is 2.28. The van der Waals surface area contributed by atoms with Gasteiger partial charge >= 0.3 is 0 Å². The second-order valence-corrected chi connectivity index (χ2v) is 5.89. The second-order valence-electron chi connectivity index (χ2n) is 5.47. The molecule has 2 rings (SSSR count). The van der Waals surface area contributed by atoms with E-state index in [2.05, 4.69) is 47.7 Å². The van der Waals surface area contributed by atoms with Crippen LogP contribution in [-0.4, -0.2) is 53.5 Å². The van der Waals surface area contributed by atoms with Gasteiger partial charge in [0.05, 0.1) is 6.04 Å². The fourth-order valence-electron chi connectivity index (χ4n) is 2.27. The lowest BCUT2D eigenvalue weighted by atomic mass is 10.1. The van der Waals surface area contributed by atoms with Crippen molar-refractivity contribution in [3.63, 3.8) is 0 Å². The number of hydrogen-bond donors (Lipinski definition) is 1. The Bertz CT molecular complexity index is 468. The Balaban J connectivity index is 2.34. The summed E-state index contributed by atoms with van der Waals surface area (Å²) in [5.41, 5.74) is 1.17. The molecule has 4 nitrogen and oxygen atoms in total. The molecule has 0 amide bonds. The summed E-state index contributed by atoms with van der Waals surface area (Å²) in [6.07, 6.45) is 0. The zero-order valence-corrected chi connectivity index (χ0v) is 12.4. The van der Waals surface area contributed by atoms with Crippen molar-refractivity contribution in [1.29, 1.82) is 0 Å². The largest absolute Gasteiger partial charge is 0.346 e. The first kappa shape index (κ1) is 13.6.